The van der Waals surface area contributed by atoms with E-state index in [0.717, 1.165) is 32.7 Å². The van der Waals surface area contributed by atoms with Crippen molar-refractivity contribution in [2.24, 2.45) is 0 Å². The summed E-state index contributed by atoms with van der Waals surface area (Å²) in [6.45, 7) is 9.47. The third-order valence-corrected chi connectivity index (χ3v) is 3.58. The maximum Gasteiger partial charge on any atom is 0.165 e. The Morgan fingerprint density at radius 3 is 2.38 bits per heavy atom. The minimum Gasteiger partial charge on any atom is -0.489 e. The molecule has 1 fully saturated rings. The molecule has 0 aromatic heterocycles. The number of β-amino-alcohol motifs (C(OH)–C–C–N with tert-alkyl or cyclic N) is 1. The number of rotatable bonds is 6. The maximum absolute atomic E-state index is 13.4. The number of hydrogen-bond acceptors (Lipinski definition) is 4. The zero-order valence-corrected chi connectivity index (χ0v) is 12.9. The minimum atomic E-state index is -0.643. The summed E-state index contributed by atoms with van der Waals surface area (Å²) in [6, 6.07) is 6.49. The lowest BCUT2D eigenvalue weighted by Gasteiger charge is -2.37. The van der Waals surface area contributed by atoms with Crippen molar-refractivity contribution in [3.63, 3.8) is 0 Å². The number of nitrogens with zero attached hydrogens (tertiary/aromatic N) is 2. The fourth-order valence-corrected chi connectivity index (χ4v) is 2.56. The first-order chi connectivity index (χ1) is 9.94. The second-order valence-electron chi connectivity index (χ2n) is 6.21. The molecule has 0 aliphatic carbocycles. The predicted octanol–water partition coefficient (Wildman–Crippen LogP) is 1.59. The van der Waals surface area contributed by atoms with E-state index in [-0.39, 0.29) is 5.82 Å². The first-order valence-corrected chi connectivity index (χ1v) is 7.48. The highest BCUT2D eigenvalue weighted by atomic mass is 19.1. The molecule has 1 aromatic carbocycles. The molecule has 1 aromatic rings. The van der Waals surface area contributed by atoms with Crippen molar-refractivity contribution in [1.29, 1.82) is 0 Å². The Morgan fingerprint density at radius 2 is 1.76 bits per heavy atom. The molecule has 0 spiro atoms. The number of ether oxygens (including phenoxy) is 1. The summed E-state index contributed by atoms with van der Waals surface area (Å²) in [5.74, 6) is 0.00524. The number of piperazine rings is 1. The third-order valence-electron chi connectivity index (χ3n) is 3.58. The molecular weight excluding hydrogens is 271 g/mol. The molecule has 0 atom stereocenters. The van der Waals surface area contributed by atoms with Crippen LogP contribution in [0.1, 0.15) is 13.8 Å². The average Bonchev–Trinajstić information content (AvgIpc) is 2.41. The molecule has 118 valence electrons. The second-order valence-corrected chi connectivity index (χ2v) is 6.21. The van der Waals surface area contributed by atoms with Gasteiger partial charge in [-0.25, -0.2) is 4.39 Å². The van der Waals surface area contributed by atoms with Crippen molar-refractivity contribution in [1.82, 2.24) is 9.80 Å². The van der Waals surface area contributed by atoms with E-state index < -0.39 is 5.60 Å². The van der Waals surface area contributed by atoms with Crippen molar-refractivity contribution < 1.29 is 14.2 Å². The highest BCUT2D eigenvalue weighted by molar-refractivity contribution is 5.23. The number of hydrogen-bond donors (Lipinski definition) is 1. The van der Waals surface area contributed by atoms with Crippen molar-refractivity contribution >= 4 is 0 Å². The van der Waals surface area contributed by atoms with Crippen LogP contribution in [0.15, 0.2) is 24.3 Å². The van der Waals surface area contributed by atoms with E-state index in [2.05, 4.69) is 9.80 Å². The van der Waals surface area contributed by atoms with Crippen LogP contribution in [0.4, 0.5) is 4.39 Å². The molecular formula is C16H25FN2O2. The van der Waals surface area contributed by atoms with Crippen LogP contribution in [-0.2, 0) is 0 Å². The van der Waals surface area contributed by atoms with Crippen LogP contribution >= 0.6 is 0 Å². The highest BCUT2D eigenvalue weighted by Gasteiger charge is 2.22. The monoisotopic (exact) mass is 296 g/mol. The fourth-order valence-electron chi connectivity index (χ4n) is 2.56. The predicted molar refractivity (Wildman–Crippen MR) is 81.1 cm³/mol. The van der Waals surface area contributed by atoms with Crippen LogP contribution in [0.3, 0.4) is 0 Å². The van der Waals surface area contributed by atoms with E-state index in [1.165, 1.54) is 6.07 Å². The quantitative estimate of drug-likeness (QED) is 0.865. The Balaban J connectivity index is 1.66. The Labute approximate surface area is 126 Å². The Hall–Kier alpha value is -1.17. The second kappa shape index (κ2) is 7.20. The maximum atomic E-state index is 13.4. The number of aliphatic hydroxyl groups is 1. The summed E-state index contributed by atoms with van der Waals surface area (Å²) in [6.07, 6.45) is 0. The smallest absolute Gasteiger partial charge is 0.165 e. The largest absolute Gasteiger partial charge is 0.489 e. The van der Waals surface area contributed by atoms with E-state index in [0.29, 0.717) is 18.9 Å². The average molecular weight is 296 g/mol. The van der Waals surface area contributed by atoms with Gasteiger partial charge in [0.2, 0.25) is 0 Å². The number of benzene rings is 1. The molecule has 1 heterocycles. The molecule has 2 rings (SSSR count). The number of para-hydroxylation sites is 1. The molecule has 0 radical (unpaired) electrons. The SMILES string of the molecule is CC(C)(O)CN1CCN(CCOc2ccccc2F)CC1. The van der Waals surface area contributed by atoms with E-state index in [9.17, 15) is 9.50 Å². The van der Waals surface area contributed by atoms with E-state index in [4.69, 9.17) is 4.74 Å². The molecule has 0 amide bonds. The van der Waals surface area contributed by atoms with Crippen LogP contribution in [0.2, 0.25) is 0 Å². The van der Waals surface area contributed by atoms with Gasteiger partial charge in [0.1, 0.15) is 6.61 Å². The summed E-state index contributed by atoms with van der Waals surface area (Å²) < 4.78 is 18.9. The molecule has 5 heteroatoms. The van der Waals surface area contributed by atoms with Crippen LogP contribution in [0.5, 0.6) is 5.75 Å². The van der Waals surface area contributed by atoms with Crippen molar-refractivity contribution in [2.45, 2.75) is 19.4 Å². The molecule has 1 aliphatic rings. The van der Waals surface area contributed by atoms with Gasteiger partial charge in [0.05, 0.1) is 5.60 Å². The Bertz CT molecular complexity index is 440. The van der Waals surface area contributed by atoms with Gasteiger partial charge >= 0.3 is 0 Å². The van der Waals surface area contributed by atoms with Crippen molar-refractivity contribution in [2.75, 3.05) is 45.9 Å². The molecule has 0 bridgehead atoms. The lowest BCUT2D eigenvalue weighted by atomic mass is 10.1. The van der Waals surface area contributed by atoms with Gasteiger partial charge < -0.3 is 9.84 Å². The Morgan fingerprint density at radius 1 is 1.14 bits per heavy atom. The Kier molecular flexibility index (Phi) is 5.56. The van der Waals surface area contributed by atoms with E-state index >= 15 is 0 Å². The van der Waals surface area contributed by atoms with Crippen LogP contribution in [-0.4, -0.2) is 66.4 Å². The molecule has 1 saturated heterocycles. The van der Waals surface area contributed by atoms with Gasteiger partial charge in [0.15, 0.2) is 11.6 Å². The molecule has 4 nitrogen and oxygen atoms in total. The van der Waals surface area contributed by atoms with E-state index in [1.54, 1.807) is 18.2 Å². The van der Waals surface area contributed by atoms with Crippen LogP contribution < -0.4 is 4.74 Å². The summed E-state index contributed by atoms with van der Waals surface area (Å²) in [4.78, 5) is 4.58. The highest BCUT2D eigenvalue weighted by Crippen LogP contribution is 2.15. The van der Waals surface area contributed by atoms with Crippen LogP contribution in [0, 0.1) is 5.82 Å². The van der Waals surface area contributed by atoms with Gasteiger partial charge in [-0.05, 0) is 26.0 Å². The van der Waals surface area contributed by atoms with Crippen molar-refractivity contribution in [3.05, 3.63) is 30.1 Å². The van der Waals surface area contributed by atoms with Gasteiger partial charge in [-0.3, -0.25) is 9.80 Å². The zero-order valence-electron chi connectivity index (χ0n) is 12.9. The first-order valence-electron chi connectivity index (χ1n) is 7.48. The first kappa shape index (κ1) is 16.2. The molecule has 1 aliphatic heterocycles. The van der Waals surface area contributed by atoms with Gasteiger partial charge in [-0.15, -0.1) is 0 Å². The minimum absolute atomic E-state index is 0.313. The van der Waals surface area contributed by atoms with E-state index in [1.807, 2.05) is 13.8 Å². The number of halogens is 1. The fraction of sp³-hybridized carbons (Fsp3) is 0.625. The van der Waals surface area contributed by atoms with Gasteiger partial charge in [0, 0.05) is 39.3 Å². The van der Waals surface area contributed by atoms with Gasteiger partial charge in [-0.1, -0.05) is 12.1 Å². The van der Waals surface area contributed by atoms with Crippen LogP contribution in [0.25, 0.3) is 0 Å². The van der Waals surface area contributed by atoms with Gasteiger partial charge in [0.25, 0.3) is 0 Å². The topological polar surface area (TPSA) is 35.9 Å². The molecule has 1 N–H and O–H groups in total. The lowest BCUT2D eigenvalue weighted by molar-refractivity contribution is 0.0162. The molecule has 0 unspecified atom stereocenters. The summed E-state index contributed by atoms with van der Waals surface area (Å²) >= 11 is 0. The normalized spacial score (nSPS) is 17.9. The molecule has 21 heavy (non-hydrogen) atoms. The summed E-state index contributed by atoms with van der Waals surface area (Å²) in [7, 11) is 0. The standard InChI is InChI=1S/C16H25FN2O2/c1-16(2,20)13-19-9-7-18(8-10-19)11-12-21-15-6-4-3-5-14(15)17/h3-6,20H,7-13H2,1-2H3. The van der Waals surface area contributed by atoms with Gasteiger partial charge in [-0.2, -0.15) is 0 Å². The lowest BCUT2D eigenvalue weighted by Crippen LogP contribution is -2.51. The third kappa shape index (κ3) is 5.61. The summed E-state index contributed by atoms with van der Waals surface area (Å²) in [5, 5.41) is 9.82. The zero-order chi connectivity index (χ0) is 15.3. The molecule has 0 saturated carbocycles. The summed E-state index contributed by atoms with van der Waals surface area (Å²) in [5.41, 5.74) is -0.643. The van der Waals surface area contributed by atoms with Crippen molar-refractivity contribution in [3.8, 4) is 5.75 Å².